The molecule has 6 rings (SSSR count). The van der Waals surface area contributed by atoms with Crippen LogP contribution in [0.5, 0.6) is 0 Å². The lowest BCUT2D eigenvalue weighted by Gasteiger charge is -2.42. The maximum absolute atomic E-state index is 13.1. The van der Waals surface area contributed by atoms with Crippen molar-refractivity contribution in [1.29, 1.82) is 0 Å². The van der Waals surface area contributed by atoms with Crippen LogP contribution < -0.4 is 16.0 Å². The number of carbonyl (C=O) groups excluding carboxylic acids is 3. The molecule has 0 radical (unpaired) electrons. The Kier molecular flexibility index (Phi) is 5.23. The molecule has 11 heteroatoms. The number of benzene rings is 1. The lowest BCUT2D eigenvalue weighted by atomic mass is 9.86. The molecule has 0 saturated carbocycles. The maximum atomic E-state index is 13.1. The monoisotopic (exact) mass is 489 g/mol. The number of piperidine rings is 1. The SMILES string of the molecule is O=C1NC(=O)C2(CCN(C3C=CC=CC3NC(=O)c3csc(-n4cc5ccccc5n4)n3)CC2)N1. The summed E-state index contributed by atoms with van der Waals surface area (Å²) in [4.78, 5) is 43.7. The number of fused-ring (bicyclic) bond motifs is 1. The van der Waals surface area contributed by atoms with Crippen LogP contribution in [-0.4, -0.2) is 68.2 Å². The molecular formula is C24H23N7O3S. The smallest absolute Gasteiger partial charge is 0.322 e. The lowest BCUT2D eigenvalue weighted by molar-refractivity contribution is -0.125. The average molecular weight is 490 g/mol. The van der Waals surface area contributed by atoms with Crippen LogP contribution in [0.3, 0.4) is 0 Å². The van der Waals surface area contributed by atoms with E-state index in [1.165, 1.54) is 11.3 Å². The number of rotatable bonds is 4. The van der Waals surface area contributed by atoms with E-state index in [9.17, 15) is 14.4 Å². The molecule has 2 fully saturated rings. The highest BCUT2D eigenvalue weighted by molar-refractivity contribution is 7.12. The second kappa shape index (κ2) is 8.43. The molecule has 3 aromatic rings. The van der Waals surface area contributed by atoms with Crippen LogP contribution in [0.2, 0.25) is 0 Å². The number of imide groups is 1. The second-order valence-electron chi connectivity index (χ2n) is 8.93. The van der Waals surface area contributed by atoms with Gasteiger partial charge in [0.2, 0.25) is 5.13 Å². The van der Waals surface area contributed by atoms with Gasteiger partial charge in [-0.1, -0.05) is 42.5 Å². The van der Waals surface area contributed by atoms with Gasteiger partial charge in [-0.25, -0.2) is 14.5 Å². The number of hydrogen-bond donors (Lipinski definition) is 3. The van der Waals surface area contributed by atoms with Gasteiger partial charge in [0.1, 0.15) is 11.2 Å². The van der Waals surface area contributed by atoms with Gasteiger partial charge in [-0.15, -0.1) is 11.3 Å². The minimum atomic E-state index is -0.825. The fraction of sp³-hybridized carbons (Fsp3) is 0.292. The molecule has 2 unspecified atom stereocenters. The summed E-state index contributed by atoms with van der Waals surface area (Å²) in [6.07, 6.45) is 10.8. The van der Waals surface area contributed by atoms with Crippen LogP contribution >= 0.6 is 11.3 Å². The lowest BCUT2D eigenvalue weighted by Crippen LogP contribution is -2.59. The van der Waals surface area contributed by atoms with E-state index >= 15 is 0 Å². The van der Waals surface area contributed by atoms with Crippen molar-refractivity contribution in [2.75, 3.05) is 13.1 Å². The molecule has 178 valence electrons. The first kappa shape index (κ1) is 21.7. The summed E-state index contributed by atoms with van der Waals surface area (Å²) in [7, 11) is 0. The molecule has 4 heterocycles. The Morgan fingerprint density at radius 3 is 2.71 bits per heavy atom. The van der Waals surface area contributed by atoms with Crippen LogP contribution in [0.15, 0.2) is 60.1 Å². The maximum Gasteiger partial charge on any atom is 0.322 e. The van der Waals surface area contributed by atoms with E-state index in [-0.39, 0.29) is 23.9 Å². The summed E-state index contributed by atoms with van der Waals surface area (Å²) >= 11 is 1.36. The molecule has 3 aliphatic rings. The summed E-state index contributed by atoms with van der Waals surface area (Å²) in [6.45, 7) is 1.24. The number of aromatic nitrogens is 3. The minimum Gasteiger partial charge on any atom is -0.343 e. The zero-order valence-corrected chi connectivity index (χ0v) is 19.5. The van der Waals surface area contributed by atoms with E-state index in [4.69, 9.17) is 0 Å². The average Bonchev–Trinajstić information content (AvgIpc) is 3.58. The van der Waals surface area contributed by atoms with E-state index in [0.29, 0.717) is 36.8 Å². The summed E-state index contributed by atoms with van der Waals surface area (Å²) in [5.74, 6) is -0.509. The highest BCUT2D eigenvalue weighted by Crippen LogP contribution is 2.28. The van der Waals surface area contributed by atoms with Crippen LogP contribution in [0.4, 0.5) is 4.79 Å². The summed E-state index contributed by atoms with van der Waals surface area (Å²) in [6, 6.07) is 7.08. The van der Waals surface area contributed by atoms with Crippen LogP contribution in [-0.2, 0) is 4.79 Å². The van der Waals surface area contributed by atoms with Gasteiger partial charge in [0, 0.05) is 30.1 Å². The Bertz CT molecular complexity index is 1350. The van der Waals surface area contributed by atoms with E-state index < -0.39 is 11.6 Å². The third-order valence-corrected chi connectivity index (χ3v) is 7.66. The van der Waals surface area contributed by atoms with E-state index in [0.717, 1.165) is 10.9 Å². The Balaban J connectivity index is 1.14. The van der Waals surface area contributed by atoms with Crippen LogP contribution in [0.25, 0.3) is 16.0 Å². The van der Waals surface area contributed by atoms with Gasteiger partial charge >= 0.3 is 6.03 Å². The minimum absolute atomic E-state index is 0.0593. The van der Waals surface area contributed by atoms with E-state index in [1.807, 2.05) is 48.7 Å². The van der Waals surface area contributed by atoms with Gasteiger partial charge in [0.15, 0.2) is 0 Å². The predicted octanol–water partition coefficient (Wildman–Crippen LogP) is 1.75. The first-order chi connectivity index (χ1) is 17.0. The fourth-order valence-electron chi connectivity index (χ4n) is 4.92. The number of thiazole rings is 1. The molecule has 10 nitrogen and oxygen atoms in total. The van der Waals surface area contributed by atoms with Gasteiger partial charge in [-0.2, -0.15) is 5.10 Å². The molecule has 1 aliphatic carbocycles. The largest absolute Gasteiger partial charge is 0.343 e. The standard InChI is InChI=1S/C24H23N7O3S/c32-20(18-14-35-23(26-18)31-13-15-5-1-2-6-16(15)29-31)25-17-7-3-4-8-19(17)30-11-9-24(10-12-30)21(33)27-22(34)28-24/h1-8,13-14,17,19H,9-12H2,(H,25,32)(H2,27,28,33,34). The van der Waals surface area contributed by atoms with Crippen molar-refractivity contribution in [3.63, 3.8) is 0 Å². The van der Waals surface area contributed by atoms with Gasteiger partial charge in [-0.3, -0.25) is 19.8 Å². The first-order valence-corrected chi connectivity index (χ1v) is 12.3. The van der Waals surface area contributed by atoms with E-state index in [2.05, 4.69) is 37.0 Å². The molecule has 2 aliphatic heterocycles. The molecule has 3 N–H and O–H groups in total. The van der Waals surface area contributed by atoms with Crippen molar-refractivity contribution in [3.8, 4) is 5.13 Å². The number of hydrogen-bond acceptors (Lipinski definition) is 7. The Morgan fingerprint density at radius 2 is 1.94 bits per heavy atom. The van der Waals surface area contributed by atoms with Gasteiger partial charge in [0.05, 0.1) is 17.6 Å². The molecule has 2 saturated heterocycles. The molecule has 4 amide bonds. The van der Waals surface area contributed by atoms with Crippen molar-refractivity contribution in [3.05, 3.63) is 65.8 Å². The van der Waals surface area contributed by atoms with Crippen molar-refractivity contribution < 1.29 is 14.4 Å². The van der Waals surface area contributed by atoms with Gasteiger partial charge < -0.3 is 10.6 Å². The summed E-state index contributed by atoms with van der Waals surface area (Å²) in [5, 5.41) is 16.1. The molecule has 1 aromatic carbocycles. The second-order valence-corrected chi connectivity index (χ2v) is 9.77. The normalized spacial score (nSPS) is 23.5. The number of nitrogens with one attached hydrogen (secondary N) is 3. The van der Waals surface area contributed by atoms with Crippen molar-refractivity contribution >= 4 is 40.1 Å². The number of amides is 4. The summed E-state index contributed by atoms with van der Waals surface area (Å²) < 4.78 is 1.69. The number of allylic oxidation sites excluding steroid dienone is 2. The third-order valence-electron chi connectivity index (χ3n) is 6.83. The summed E-state index contributed by atoms with van der Waals surface area (Å²) in [5.41, 5.74) is 0.386. The molecule has 1 spiro atoms. The molecular weight excluding hydrogens is 466 g/mol. The zero-order valence-electron chi connectivity index (χ0n) is 18.7. The van der Waals surface area contributed by atoms with Gasteiger partial charge in [0.25, 0.3) is 11.8 Å². The zero-order chi connectivity index (χ0) is 24.0. The number of urea groups is 1. The Labute approximate surface area is 204 Å². The first-order valence-electron chi connectivity index (χ1n) is 11.4. The fourth-order valence-corrected chi connectivity index (χ4v) is 5.65. The molecule has 2 atom stereocenters. The van der Waals surface area contributed by atoms with Crippen LogP contribution in [0.1, 0.15) is 23.3 Å². The highest BCUT2D eigenvalue weighted by Gasteiger charge is 2.48. The molecule has 35 heavy (non-hydrogen) atoms. The number of carbonyl (C=O) groups is 3. The predicted molar refractivity (Wildman–Crippen MR) is 130 cm³/mol. The van der Waals surface area contributed by atoms with Crippen molar-refractivity contribution in [2.45, 2.75) is 30.5 Å². The Hall–Kier alpha value is -3.83. The Morgan fingerprint density at radius 1 is 1.14 bits per heavy atom. The molecule has 2 aromatic heterocycles. The highest BCUT2D eigenvalue weighted by atomic mass is 32.1. The topological polar surface area (TPSA) is 121 Å². The molecule has 0 bridgehead atoms. The quantitative estimate of drug-likeness (QED) is 0.480. The van der Waals surface area contributed by atoms with Crippen molar-refractivity contribution in [1.82, 2.24) is 35.6 Å². The number of likely N-dealkylation sites (tertiary alicyclic amines) is 1. The van der Waals surface area contributed by atoms with Gasteiger partial charge in [-0.05, 0) is 18.9 Å². The van der Waals surface area contributed by atoms with Crippen molar-refractivity contribution in [2.24, 2.45) is 0 Å². The van der Waals surface area contributed by atoms with E-state index in [1.54, 1.807) is 10.1 Å². The number of nitrogens with zero attached hydrogens (tertiary/aromatic N) is 4. The third kappa shape index (κ3) is 3.92. The van der Waals surface area contributed by atoms with Crippen LogP contribution in [0, 0.1) is 0 Å².